The third-order valence-electron chi connectivity index (χ3n) is 0.271. The first-order valence-electron chi connectivity index (χ1n) is 1.03. The molecule has 0 N–H and O–H groups in total. The molecule has 0 aliphatic rings. The van der Waals surface area contributed by atoms with E-state index in [-0.39, 0.29) is 0 Å². The molecule has 1 nitrogen and oxygen atoms in total. The summed E-state index contributed by atoms with van der Waals surface area (Å²) in [4.78, 5) is 0. The molecule has 1 heterocycles. The Morgan fingerprint density at radius 2 is 1.75 bits per heavy atom. The first kappa shape index (κ1) is 2.10. The van der Waals surface area contributed by atoms with Crippen LogP contribution in [0.3, 0.4) is 0 Å². The monoisotopic (exact) mass is 73.0 g/mol. The molecule has 0 saturated carbocycles. The van der Waals surface area contributed by atoms with Crippen LogP contribution < -0.4 is 0 Å². The fraction of sp³-hybridized carbons (Fsp3) is 0. The molecule has 2 heteroatoms. The van der Waals surface area contributed by atoms with Crippen molar-refractivity contribution in [3.05, 3.63) is 11.6 Å². The Morgan fingerprint density at radius 3 is 1.75 bits per heavy atom. The van der Waals surface area contributed by atoms with Crippen LogP contribution in [0.1, 0.15) is 0 Å². The van der Waals surface area contributed by atoms with E-state index in [1.54, 1.807) is 11.6 Å². The summed E-state index contributed by atoms with van der Waals surface area (Å²) in [5, 5.41) is 0. The second kappa shape index (κ2) is 0.410. The highest BCUT2D eigenvalue weighted by Crippen LogP contribution is 2.18. The van der Waals surface area contributed by atoms with Gasteiger partial charge in [0.2, 0.25) is 11.6 Å². The van der Waals surface area contributed by atoms with Crippen molar-refractivity contribution in [2.75, 3.05) is 0 Å². The lowest BCUT2D eigenvalue weighted by Gasteiger charge is -0.891. The lowest BCUT2D eigenvalue weighted by atomic mass is 11.2. The van der Waals surface area contributed by atoms with Gasteiger partial charge in [-0.15, -0.1) is 0 Å². The summed E-state index contributed by atoms with van der Waals surface area (Å²) >= 11 is 0. The predicted molar refractivity (Wildman–Crippen MR) is 16.4 cm³/mol. The first-order valence-corrected chi connectivity index (χ1v) is 2.43. The molecule has 0 aromatic carbocycles. The Kier molecular flexibility index (Phi) is 0.216. The van der Waals surface area contributed by atoms with Gasteiger partial charge >= 0.3 is 7.41 Å². The van der Waals surface area contributed by atoms with Gasteiger partial charge in [0.15, 0.2) is 0 Å². The molecule has 0 bridgehead atoms. The van der Waals surface area contributed by atoms with Gasteiger partial charge in [0.25, 0.3) is 0 Å². The summed E-state index contributed by atoms with van der Waals surface area (Å²) in [5.41, 5.74) is 0. The Bertz CT molecular complexity index is 94.8. The van der Waals surface area contributed by atoms with Crippen molar-refractivity contribution in [2.45, 2.75) is 0 Å². The highest BCUT2D eigenvalue weighted by Gasteiger charge is 2.01. The molecule has 20 valence electrons. The van der Waals surface area contributed by atoms with E-state index < -0.39 is 7.41 Å². The van der Waals surface area contributed by atoms with Gasteiger partial charge in [0, 0.05) is 0 Å². The van der Waals surface area contributed by atoms with Crippen LogP contribution in [0.5, 0.6) is 0 Å². The van der Waals surface area contributed by atoms with Gasteiger partial charge in [0.1, 0.15) is 0 Å². The van der Waals surface area contributed by atoms with E-state index in [1.165, 1.54) is 0 Å². The minimum absolute atomic E-state index is 0.870. The van der Waals surface area contributed by atoms with Gasteiger partial charge in [-0.3, -0.25) is 0 Å². The van der Waals surface area contributed by atoms with Crippen LogP contribution >= 0.6 is 7.41 Å². The quantitative estimate of drug-likeness (QED) is 0.452. The van der Waals surface area contributed by atoms with Crippen molar-refractivity contribution < 1.29 is 4.57 Å². The summed E-state index contributed by atoms with van der Waals surface area (Å²) in [7, 11) is -0.870. The van der Waals surface area contributed by atoms with E-state index in [0.717, 1.165) is 0 Å². The molecule has 1 rings (SSSR count). The van der Waals surface area contributed by atoms with Gasteiger partial charge in [-0.2, -0.15) is 0 Å². The zero-order valence-corrected chi connectivity index (χ0v) is 2.90. The Balaban J connectivity index is 3.55. The van der Waals surface area contributed by atoms with E-state index in [2.05, 4.69) is 0 Å². The average Bonchev–Trinajstić information content (AvgIpc) is 1.75. The van der Waals surface area contributed by atoms with Gasteiger partial charge in [-0.25, -0.2) is 0 Å². The fourth-order valence-corrected chi connectivity index (χ4v) is 0.245. The molecule has 0 spiro atoms. The summed E-state index contributed by atoms with van der Waals surface area (Å²) < 4.78 is 9.59. The molecule has 4 heavy (non-hydrogen) atoms. The van der Waals surface area contributed by atoms with Gasteiger partial charge in [-0.1, -0.05) is 4.57 Å². The average molecular weight is 73.0 g/mol. The largest absolute Gasteiger partial charge is 0.408 e. The van der Waals surface area contributed by atoms with Gasteiger partial charge in [0.05, 0.1) is 0 Å². The van der Waals surface area contributed by atoms with Crippen molar-refractivity contribution in [1.29, 1.82) is 0 Å². The highest BCUT2D eigenvalue weighted by molar-refractivity contribution is 7.41. The summed E-state index contributed by atoms with van der Waals surface area (Å²) in [6.07, 6.45) is 0. The SMILES string of the molecule is O=[p+]1cc1. The number of hydrogen-bond donors (Lipinski definition) is 0. The zero-order valence-electron chi connectivity index (χ0n) is 2.01. The van der Waals surface area contributed by atoms with E-state index in [1.807, 2.05) is 0 Å². The maximum Gasteiger partial charge on any atom is 0.408 e. The highest BCUT2D eigenvalue weighted by atomic mass is 31.1. The normalized spacial score (nSPS) is 9.00. The van der Waals surface area contributed by atoms with Crippen molar-refractivity contribution in [3.63, 3.8) is 0 Å². The summed E-state index contributed by atoms with van der Waals surface area (Å²) in [6, 6.07) is 0. The van der Waals surface area contributed by atoms with E-state index in [4.69, 9.17) is 0 Å². The Hall–Kier alpha value is -0.160. The molecule has 0 aliphatic carbocycles. The molecule has 0 radical (unpaired) electrons. The molecule has 0 atom stereocenters. The van der Waals surface area contributed by atoms with Crippen LogP contribution in [-0.4, -0.2) is 0 Å². The zero-order chi connectivity index (χ0) is 2.99. The molecule has 1 aromatic heterocycles. The van der Waals surface area contributed by atoms with E-state index in [0.29, 0.717) is 0 Å². The predicted octanol–water partition coefficient (Wildman–Crippen LogP) is 1.30. The lowest BCUT2D eigenvalue weighted by molar-refractivity contribution is 0.602. The number of rotatable bonds is 0. The van der Waals surface area contributed by atoms with Crippen LogP contribution in [0, 0.1) is 0 Å². The molecule has 0 saturated heterocycles. The molecule has 1 aromatic rings. The molecule has 0 fully saturated rings. The second-order valence-electron chi connectivity index (χ2n) is 0.658. The third kappa shape index (κ3) is 0.161. The Morgan fingerprint density at radius 1 is 1.50 bits per heavy atom. The smallest absolute Gasteiger partial charge is 0.0623 e. The number of hydrogen-bond acceptors (Lipinski definition) is 1. The minimum atomic E-state index is -0.870. The fourth-order valence-electron chi connectivity index (χ4n) is 0.0272. The summed E-state index contributed by atoms with van der Waals surface area (Å²) in [6.45, 7) is 0. The van der Waals surface area contributed by atoms with Gasteiger partial charge < -0.3 is 0 Å². The lowest BCUT2D eigenvalue weighted by Crippen LogP contribution is -0.732. The van der Waals surface area contributed by atoms with Crippen LogP contribution in [0.2, 0.25) is 0 Å². The summed E-state index contributed by atoms with van der Waals surface area (Å²) in [5.74, 6) is 3.35. The van der Waals surface area contributed by atoms with Crippen molar-refractivity contribution >= 4 is 7.41 Å². The van der Waals surface area contributed by atoms with Gasteiger partial charge in [-0.05, 0) is 0 Å². The standard InChI is InChI=1S/C2H2OP/c3-4-1-2-4/h1-2H/q+1. The molecular formula is C2H2OP+. The van der Waals surface area contributed by atoms with Crippen molar-refractivity contribution in [3.8, 4) is 0 Å². The van der Waals surface area contributed by atoms with E-state index in [9.17, 15) is 4.57 Å². The molecule has 0 unspecified atom stereocenters. The van der Waals surface area contributed by atoms with Crippen molar-refractivity contribution in [1.82, 2.24) is 0 Å². The maximum absolute atomic E-state index is 9.59. The topological polar surface area (TPSA) is 17.1 Å². The van der Waals surface area contributed by atoms with Crippen LogP contribution in [0.4, 0.5) is 0 Å². The van der Waals surface area contributed by atoms with Crippen LogP contribution in [0.15, 0.2) is 11.6 Å². The van der Waals surface area contributed by atoms with Crippen LogP contribution in [-0.2, 0) is 4.57 Å². The van der Waals surface area contributed by atoms with Crippen molar-refractivity contribution in [2.24, 2.45) is 0 Å². The maximum atomic E-state index is 9.59. The Labute approximate surface area is 24.7 Å². The second-order valence-corrected chi connectivity index (χ2v) is 1.97. The first-order chi connectivity index (χ1) is 1.89. The third-order valence-corrected chi connectivity index (χ3v) is 0.812. The molecular weight excluding hydrogens is 71.0 g/mol. The molecule has 0 amide bonds. The van der Waals surface area contributed by atoms with E-state index >= 15 is 0 Å². The molecule has 0 aliphatic heterocycles. The van der Waals surface area contributed by atoms with Crippen LogP contribution in [0.25, 0.3) is 0 Å². The minimum Gasteiger partial charge on any atom is -0.0623 e.